The molecular formula is C53H40B5N. The number of hydrogen-bond acceptors (Lipinski definition) is 1. The zero-order valence-corrected chi connectivity index (χ0v) is 34.3. The third-order valence-corrected chi connectivity index (χ3v) is 13.8. The molecule has 1 spiro atoms. The lowest BCUT2D eigenvalue weighted by atomic mass is 9.61. The normalized spacial score (nSPS) is 12.9. The standard InChI is InChI=1S/C53H40B5N/c54-47-48(55)50(57)52(51(58)49(47)56)59(37-23-20-33(21-24-37)31-10-2-1-3-11-31)38-25-26-41-42-29-36(35-19-18-32-12-4-5-13-34(32)28-35)22-27-45(42)53(46(41)30-38)43-16-8-6-14-39(43)40-15-7-9-17-44(40)53/h1-30H,54-58H2. The van der Waals surface area contributed by atoms with Crippen LogP contribution in [0, 0.1) is 0 Å². The maximum absolute atomic E-state index is 2.53. The van der Waals surface area contributed by atoms with Gasteiger partial charge in [0.1, 0.15) is 39.2 Å². The van der Waals surface area contributed by atoms with Gasteiger partial charge < -0.3 is 4.90 Å². The second kappa shape index (κ2) is 13.5. The predicted octanol–water partition coefficient (Wildman–Crippen LogP) is 5.28. The van der Waals surface area contributed by atoms with Gasteiger partial charge in [0.25, 0.3) is 0 Å². The van der Waals surface area contributed by atoms with Gasteiger partial charge in [0.05, 0.1) is 5.41 Å². The molecule has 0 saturated heterocycles. The minimum atomic E-state index is -0.470. The second-order valence-corrected chi connectivity index (χ2v) is 16.6. The molecule has 0 fully saturated rings. The number of rotatable bonds is 5. The summed E-state index contributed by atoms with van der Waals surface area (Å²) in [5.74, 6) is 0. The van der Waals surface area contributed by atoms with Crippen LogP contribution in [-0.2, 0) is 5.41 Å². The molecule has 0 bridgehead atoms. The highest BCUT2D eigenvalue weighted by Gasteiger charge is 2.51. The Balaban J connectivity index is 1.18. The van der Waals surface area contributed by atoms with Crippen molar-refractivity contribution in [1.29, 1.82) is 0 Å². The molecule has 6 heteroatoms. The van der Waals surface area contributed by atoms with Crippen LogP contribution < -0.4 is 32.2 Å². The summed E-state index contributed by atoms with van der Waals surface area (Å²) >= 11 is 0. The van der Waals surface area contributed by atoms with E-state index in [0.29, 0.717) is 0 Å². The Morgan fingerprint density at radius 2 is 0.797 bits per heavy atom. The highest BCUT2D eigenvalue weighted by atomic mass is 15.1. The van der Waals surface area contributed by atoms with Gasteiger partial charge in [-0.1, -0.05) is 167 Å². The van der Waals surface area contributed by atoms with Crippen LogP contribution in [0.5, 0.6) is 0 Å². The fraction of sp³-hybridized carbons (Fsp3) is 0.0189. The largest absolute Gasteiger partial charge is 0.312 e. The van der Waals surface area contributed by atoms with Crippen molar-refractivity contribution in [3.63, 3.8) is 0 Å². The topological polar surface area (TPSA) is 3.24 Å². The Bertz CT molecular complexity index is 3100. The first-order chi connectivity index (χ1) is 28.8. The SMILES string of the molecule is Bc1c(B)c(B)c(N(c2ccc(-c3ccccc3)cc2)c2ccc3c(c2)C2(c4ccccc4-c4ccccc42)c2ccc(-c4ccc5ccccc5c4)cc2-3)c(B)c1B. The second-order valence-electron chi connectivity index (χ2n) is 16.6. The van der Waals surface area contributed by atoms with Crippen molar-refractivity contribution in [2.45, 2.75) is 5.41 Å². The molecule has 59 heavy (non-hydrogen) atoms. The Labute approximate surface area is 351 Å². The quantitative estimate of drug-likeness (QED) is 0.217. The van der Waals surface area contributed by atoms with E-state index in [1.165, 1.54) is 111 Å². The van der Waals surface area contributed by atoms with Gasteiger partial charge in [0, 0.05) is 17.1 Å². The molecule has 0 heterocycles. The summed E-state index contributed by atoms with van der Waals surface area (Å²) in [5.41, 5.74) is 25.3. The molecule has 1 nitrogen and oxygen atoms in total. The van der Waals surface area contributed by atoms with E-state index in [9.17, 15) is 0 Å². The number of benzene rings is 9. The Morgan fingerprint density at radius 1 is 0.305 bits per heavy atom. The van der Waals surface area contributed by atoms with Crippen molar-refractivity contribution in [2.24, 2.45) is 0 Å². The lowest BCUT2D eigenvalue weighted by Crippen LogP contribution is -2.56. The van der Waals surface area contributed by atoms with Crippen molar-refractivity contribution >= 4 is 94.4 Å². The van der Waals surface area contributed by atoms with Crippen LogP contribution in [0.2, 0.25) is 0 Å². The van der Waals surface area contributed by atoms with Crippen LogP contribution in [0.3, 0.4) is 0 Å². The molecule has 0 atom stereocenters. The fourth-order valence-corrected chi connectivity index (χ4v) is 10.5. The number of fused-ring (bicyclic) bond motifs is 11. The van der Waals surface area contributed by atoms with Gasteiger partial charge in [-0.25, -0.2) is 0 Å². The Morgan fingerprint density at radius 3 is 1.49 bits per heavy atom. The summed E-state index contributed by atoms with van der Waals surface area (Å²) in [6, 6.07) is 68.1. The molecule has 0 N–H and O–H groups in total. The van der Waals surface area contributed by atoms with Gasteiger partial charge in [-0.2, -0.15) is 0 Å². The zero-order chi connectivity index (χ0) is 40.0. The maximum Gasteiger partial charge on any atom is 0.141 e. The molecule has 2 aliphatic carbocycles. The molecule has 0 radical (unpaired) electrons. The van der Waals surface area contributed by atoms with E-state index in [-0.39, 0.29) is 0 Å². The van der Waals surface area contributed by atoms with E-state index in [1.807, 2.05) is 0 Å². The number of nitrogens with zero attached hydrogens (tertiary/aromatic N) is 1. The summed E-state index contributed by atoms with van der Waals surface area (Å²) < 4.78 is 0. The van der Waals surface area contributed by atoms with Gasteiger partial charge in [-0.15, -0.1) is 5.46 Å². The smallest absolute Gasteiger partial charge is 0.141 e. The molecule has 9 aromatic rings. The first kappa shape index (κ1) is 35.5. The third-order valence-electron chi connectivity index (χ3n) is 13.8. The average molecular weight is 745 g/mol. The summed E-state index contributed by atoms with van der Waals surface area (Å²) in [7, 11) is 11.4. The number of anilines is 3. The Kier molecular flexibility index (Phi) is 8.11. The van der Waals surface area contributed by atoms with Crippen molar-refractivity contribution in [1.82, 2.24) is 0 Å². The van der Waals surface area contributed by atoms with E-state index in [2.05, 4.69) is 226 Å². The van der Waals surface area contributed by atoms with Crippen LogP contribution in [0.1, 0.15) is 22.3 Å². The third kappa shape index (κ3) is 5.19. The molecule has 2 aliphatic rings. The van der Waals surface area contributed by atoms with E-state index in [4.69, 9.17) is 0 Å². The van der Waals surface area contributed by atoms with Crippen molar-refractivity contribution in [2.75, 3.05) is 4.90 Å². The van der Waals surface area contributed by atoms with Crippen LogP contribution in [0.25, 0.3) is 55.3 Å². The van der Waals surface area contributed by atoms with E-state index < -0.39 is 5.41 Å². The van der Waals surface area contributed by atoms with Gasteiger partial charge in [-0.3, -0.25) is 0 Å². The molecular weight excluding hydrogens is 705 g/mol. The molecule has 0 aliphatic heterocycles. The fourth-order valence-electron chi connectivity index (χ4n) is 10.5. The number of hydrogen-bond donors (Lipinski definition) is 0. The summed E-state index contributed by atoms with van der Waals surface area (Å²) in [5, 5.41) is 2.52. The molecule has 0 unspecified atom stereocenters. The molecule has 0 aromatic heterocycles. The van der Waals surface area contributed by atoms with Crippen LogP contribution >= 0.6 is 0 Å². The molecule has 0 saturated carbocycles. The lowest BCUT2D eigenvalue weighted by Gasteiger charge is -2.34. The predicted molar refractivity (Wildman–Crippen MR) is 267 cm³/mol. The molecule has 9 aromatic carbocycles. The van der Waals surface area contributed by atoms with Gasteiger partial charge in [0.15, 0.2) is 0 Å². The van der Waals surface area contributed by atoms with Crippen molar-refractivity contribution in [3.05, 3.63) is 204 Å². The lowest BCUT2D eigenvalue weighted by molar-refractivity contribution is 0.794. The highest BCUT2D eigenvalue weighted by Crippen LogP contribution is 2.63. The monoisotopic (exact) mass is 745 g/mol. The van der Waals surface area contributed by atoms with Gasteiger partial charge in [0.2, 0.25) is 0 Å². The van der Waals surface area contributed by atoms with Gasteiger partial charge >= 0.3 is 0 Å². The van der Waals surface area contributed by atoms with Crippen LogP contribution in [0.15, 0.2) is 182 Å². The van der Waals surface area contributed by atoms with Gasteiger partial charge in [-0.05, 0) is 114 Å². The van der Waals surface area contributed by atoms with E-state index in [1.54, 1.807) is 0 Å². The van der Waals surface area contributed by atoms with E-state index in [0.717, 1.165) is 11.4 Å². The first-order valence-corrected chi connectivity index (χ1v) is 20.8. The maximum atomic E-state index is 2.53. The van der Waals surface area contributed by atoms with Crippen molar-refractivity contribution < 1.29 is 0 Å². The summed E-state index contributed by atoms with van der Waals surface area (Å²) in [6.07, 6.45) is 0. The summed E-state index contributed by atoms with van der Waals surface area (Å²) in [4.78, 5) is 2.53. The zero-order valence-electron chi connectivity index (χ0n) is 34.3. The van der Waals surface area contributed by atoms with Crippen LogP contribution in [-0.4, -0.2) is 39.2 Å². The molecule has 11 rings (SSSR count). The average Bonchev–Trinajstić information content (AvgIpc) is 3.76. The summed E-state index contributed by atoms with van der Waals surface area (Å²) in [6.45, 7) is 0. The molecule has 0 amide bonds. The van der Waals surface area contributed by atoms with Crippen molar-refractivity contribution in [3.8, 4) is 44.5 Å². The minimum absolute atomic E-state index is 0.470. The molecule has 272 valence electrons. The van der Waals surface area contributed by atoms with E-state index >= 15 is 0 Å². The first-order valence-electron chi connectivity index (χ1n) is 20.8. The Hall–Kier alpha value is -6.64. The highest BCUT2D eigenvalue weighted by molar-refractivity contribution is 6.69. The minimum Gasteiger partial charge on any atom is -0.312 e. The van der Waals surface area contributed by atoms with Crippen LogP contribution in [0.4, 0.5) is 17.1 Å².